The van der Waals surface area contributed by atoms with Gasteiger partial charge in [-0.1, -0.05) is 12.1 Å². The molecule has 0 fully saturated rings. The molecule has 0 radical (unpaired) electrons. The second-order valence-electron chi connectivity index (χ2n) is 3.87. The molecule has 0 atom stereocenters. The summed E-state index contributed by atoms with van der Waals surface area (Å²) >= 11 is 0. The maximum absolute atomic E-state index is 5.67. The van der Waals surface area contributed by atoms with Gasteiger partial charge in [0.2, 0.25) is 0 Å². The van der Waals surface area contributed by atoms with E-state index in [0.717, 1.165) is 11.4 Å². The van der Waals surface area contributed by atoms with Crippen LogP contribution in [0.3, 0.4) is 0 Å². The molecule has 0 amide bonds. The number of aliphatic imine (C=N–C) groups is 1. The fraction of sp³-hybridized carbons (Fsp3) is 0.154. The van der Waals surface area contributed by atoms with Gasteiger partial charge in [0.25, 0.3) is 0 Å². The average Bonchev–Trinajstić information content (AvgIpc) is 2.97. The second kappa shape index (κ2) is 8.31. The van der Waals surface area contributed by atoms with Crippen molar-refractivity contribution in [3.05, 3.63) is 55.3 Å². The van der Waals surface area contributed by atoms with E-state index < -0.39 is 0 Å². The summed E-state index contributed by atoms with van der Waals surface area (Å²) in [4.78, 5) is 12.5. The molecule has 6 nitrogen and oxygen atoms in total. The Balaban J connectivity index is 0.00000200. The number of nitrogens with one attached hydrogen (secondary N) is 1. The predicted molar refractivity (Wildman–Crippen MR) is 90.3 cm³/mol. The van der Waals surface area contributed by atoms with Crippen molar-refractivity contribution in [2.75, 3.05) is 6.54 Å². The Hall–Kier alpha value is -1.90. The summed E-state index contributed by atoms with van der Waals surface area (Å²) in [6.45, 7) is 4.69. The van der Waals surface area contributed by atoms with Gasteiger partial charge in [-0.05, 0) is 11.6 Å². The van der Waals surface area contributed by atoms with Crippen LogP contribution in [0.4, 0.5) is 0 Å². The van der Waals surface area contributed by atoms with Gasteiger partial charge in [0.15, 0.2) is 5.96 Å². The standard InChI is InChI=1S/C13H16N6.HI/c1-2-5-16-13(14)18-9-11-3-4-12(17-8-11)19-7-6-15-10-19;/h2-4,6-8,10H,1,5,9H2,(H3,14,16,18);1H. The molecule has 0 unspecified atom stereocenters. The maximum atomic E-state index is 5.67. The summed E-state index contributed by atoms with van der Waals surface area (Å²) in [5.74, 6) is 1.22. The maximum Gasteiger partial charge on any atom is 0.189 e. The third-order valence-electron chi connectivity index (χ3n) is 2.44. The van der Waals surface area contributed by atoms with Gasteiger partial charge in [-0.2, -0.15) is 0 Å². The van der Waals surface area contributed by atoms with Crippen LogP contribution in [0.1, 0.15) is 5.56 Å². The first-order valence-corrected chi connectivity index (χ1v) is 5.87. The number of halogens is 1. The Morgan fingerprint density at radius 3 is 2.95 bits per heavy atom. The van der Waals surface area contributed by atoms with E-state index in [2.05, 4.69) is 26.9 Å². The van der Waals surface area contributed by atoms with E-state index in [0.29, 0.717) is 19.0 Å². The lowest BCUT2D eigenvalue weighted by Crippen LogP contribution is -2.31. The smallest absolute Gasteiger partial charge is 0.189 e. The lowest BCUT2D eigenvalue weighted by molar-refractivity contribution is 0.947. The summed E-state index contributed by atoms with van der Waals surface area (Å²) in [6, 6.07) is 3.88. The van der Waals surface area contributed by atoms with Crippen LogP contribution in [0.5, 0.6) is 0 Å². The molecule has 106 valence electrons. The topological polar surface area (TPSA) is 81.1 Å². The predicted octanol–water partition coefficient (Wildman–Crippen LogP) is 1.48. The molecule has 2 aromatic heterocycles. The molecule has 7 heteroatoms. The van der Waals surface area contributed by atoms with Gasteiger partial charge >= 0.3 is 0 Å². The number of rotatable bonds is 5. The molecule has 0 spiro atoms. The molecular weight excluding hydrogens is 367 g/mol. The fourth-order valence-corrected chi connectivity index (χ4v) is 1.47. The molecule has 0 aliphatic heterocycles. The van der Waals surface area contributed by atoms with Crippen LogP contribution in [-0.2, 0) is 6.54 Å². The number of hydrogen-bond acceptors (Lipinski definition) is 3. The van der Waals surface area contributed by atoms with Crippen LogP contribution in [0.15, 0.2) is 54.7 Å². The Kier molecular flexibility index (Phi) is 6.71. The highest BCUT2D eigenvalue weighted by Crippen LogP contribution is 2.06. The first-order valence-electron chi connectivity index (χ1n) is 5.87. The Morgan fingerprint density at radius 1 is 1.50 bits per heavy atom. The van der Waals surface area contributed by atoms with Crippen molar-refractivity contribution in [2.45, 2.75) is 6.54 Å². The lowest BCUT2D eigenvalue weighted by Gasteiger charge is -2.04. The van der Waals surface area contributed by atoms with E-state index in [9.17, 15) is 0 Å². The quantitative estimate of drug-likeness (QED) is 0.354. The molecule has 0 aromatic carbocycles. The van der Waals surface area contributed by atoms with E-state index in [1.54, 1.807) is 24.8 Å². The van der Waals surface area contributed by atoms with Crippen LogP contribution in [0.2, 0.25) is 0 Å². The van der Waals surface area contributed by atoms with Gasteiger partial charge in [0, 0.05) is 25.1 Å². The third kappa shape index (κ3) is 4.65. The summed E-state index contributed by atoms with van der Waals surface area (Å²) in [7, 11) is 0. The van der Waals surface area contributed by atoms with Crippen LogP contribution in [0, 0.1) is 0 Å². The number of nitrogens with zero attached hydrogens (tertiary/aromatic N) is 4. The zero-order valence-electron chi connectivity index (χ0n) is 10.9. The Bertz CT molecular complexity index is 547. The highest BCUT2D eigenvalue weighted by Gasteiger charge is 1.98. The van der Waals surface area contributed by atoms with Crippen molar-refractivity contribution in [1.29, 1.82) is 0 Å². The van der Waals surface area contributed by atoms with Gasteiger partial charge in [0.05, 0.1) is 6.54 Å². The molecule has 2 rings (SSSR count). The number of guanidine groups is 1. The second-order valence-corrected chi connectivity index (χ2v) is 3.87. The molecule has 0 aliphatic carbocycles. The Labute approximate surface area is 134 Å². The molecular formula is C13H17IN6. The first-order chi connectivity index (χ1) is 9.29. The highest BCUT2D eigenvalue weighted by molar-refractivity contribution is 14.0. The molecule has 3 N–H and O–H groups in total. The average molecular weight is 384 g/mol. The number of pyridine rings is 1. The minimum atomic E-state index is 0. The molecule has 2 aromatic rings. The molecule has 2 heterocycles. The normalized spacial score (nSPS) is 10.7. The van der Waals surface area contributed by atoms with E-state index >= 15 is 0 Å². The molecule has 0 bridgehead atoms. The van der Waals surface area contributed by atoms with Gasteiger partial charge in [0.1, 0.15) is 12.1 Å². The van der Waals surface area contributed by atoms with Gasteiger partial charge in [-0.3, -0.25) is 4.57 Å². The van der Waals surface area contributed by atoms with E-state index in [-0.39, 0.29) is 24.0 Å². The van der Waals surface area contributed by atoms with Crippen molar-refractivity contribution in [2.24, 2.45) is 10.7 Å². The van der Waals surface area contributed by atoms with Crippen molar-refractivity contribution >= 4 is 29.9 Å². The van der Waals surface area contributed by atoms with E-state index in [1.807, 2.05) is 22.9 Å². The number of aromatic nitrogens is 3. The monoisotopic (exact) mass is 384 g/mol. The van der Waals surface area contributed by atoms with Crippen molar-refractivity contribution in [3.8, 4) is 5.82 Å². The molecule has 20 heavy (non-hydrogen) atoms. The van der Waals surface area contributed by atoms with Crippen molar-refractivity contribution in [1.82, 2.24) is 19.9 Å². The number of nitrogens with two attached hydrogens (primary N) is 1. The van der Waals surface area contributed by atoms with Crippen LogP contribution < -0.4 is 11.1 Å². The summed E-state index contributed by atoms with van der Waals surface area (Å²) < 4.78 is 1.84. The summed E-state index contributed by atoms with van der Waals surface area (Å²) in [5.41, 5.74) is 6.67. The van der Waals surface area contributed by atoms with E-state index in [1.165, 1.54) is 0 Å². The lowest BCUT2D eigenvalue weighted by atomic mass is 10.3. The third-order valence-corrected chi connectivity index (χ3v) is 2.44. The van der Waals surface area contributed by atoms with Gasteiger partial charge in [-0.25, -0.2) is 15.0 Å². The van der Waals surface area contributed by atoms with Crippen molar-refractivity contribution in [3.63, 3.8) is 0 Å². The van der Waals surface area contributed by atoms with E-state index in [4.69, 9.17) is 5.73 Å². The van der Waals surface area contributed by atoms with Crippen LogP contribution >= 0.6 is 24.0 Å². The first kappa shape index (κ1) is 16.2. The molecule has 0 saturated carbocycles. The Morgan fingerprint density at radius 2 is 2.35 bits per heavy atom. The molecule has 0 saturated heterocycles. The zero-order chi connectivity index (χ0) is 13.5. The highest BCUT2D eigenvalue weighted by atomic mass is 127. The van der Waals surface area contributed by atoms with Crippen LogP contribution in [0.25, 0.3) is 5.82 Å². The minimum Gasteiger partial charge on any atom is -0.370 e. The SMILES string of the molecule is C=CCNC(N)=NCc1ccc(-n2ccnc2)nc1.I. The van der Waals surface area contributed by atoms with Crippen molar-refractivity contribution < 1.29 is 0 Å². The largest absolute Gasteiger partial charge is 0.370 e. The zero-order valence-corrected chi connectivity index (χ0v) is 13.3. The number of hydrogen-bond donors (Lipinski definition) is 2. The number of imidazole rings is 1. The molecule has 0 aliphatic rings. The van der Waals surface area contributed by atoms with Gasteiger partial charge < -0.3 is 11.1 Å². The summed E-state index contributed by atoms with van der Waals surface area (Å²) in [5, 5.41) is 2.91. The minimum absolute atomic E-state index is 0. The van der Waals surface area contributed by atoms with Gasteiger partial charge in [-0.15, -0.1) is 30.6 Å². The van der Waals surface area contributed by atoms with Crippen LogP contribution in [-0.4, -0.2) is 27.0 Å². The summed E-state index contributed by atoms with van der Waals surface area (Å²) in [6.07, 6.45) is 8.77. The fourth-order valence-electron chi connectivity index (χ4n) is 1.47.